The predicted octanol–water partition coefficient (Wildman–Crippen LogP) is 1.55. The number of hydrogen-bond donors (Lipinski definition) is 1. The Morgan fingerprint density at radius 3 is 3.00 bits per heavy atom. The normalized spacial score (nSPS) is 20.8. The van der Waals surface area contributed by atoms with Crippen molar-refractivity contribution in [3.05, 3.63) is 22.9 Å². The van der Waals surface area contributed by atoms with Crippen LogP contribution in [-0.2, 0) is 14.8 Å². The van der Waals surface area contributed by atoms with Gasteiger partial charge in [0.2, 0.25) is 10.0 Å². The van der Waals surface area contributed by atoms with Gasteiger partial charge < -0.3 is 4.74 Å². The quantitative estimate of drug-likeness (QED) is 0.907. The minimum Gasteiger partial charge on any atom is -0.381 e. The van der Waals surface area contributed by atoms with E-state index in [1.54, 1.807) is 6.20 Å². The zero-order valence-corrected chi connectivity index (χ0v) is 12.2. The fourth-order valence-corrected chi connectivity index (χ4v) is 3.44. The van der Waals surface area contributed by atoms with E-state index >= 15 is 0 Å². The van der Waals surface area contributed by atoms with E-state index in [-0.39, 0.29) is 10.8 Å². The van der Waals surface area contributed by atoms with Crippen LogP contribution in [-0.4, -0.2) is 33.2 Å². The number of halogens is 1. The summed E-state index contributed by atoms with van der Waals surface area (Å²) >= 11 is 3.21. The number of aromatic nitrogens is 1. The molecule has 2 heterocycles. The van der Waals surface area contributed by atoms with Crippen molar-refractivity contribution in [2.24, 2.45) is 5.92 Å². The van der Waals surface area contributed by atoms with E-state index in [0.717, 1.165) is 19.4 Å². The number of hydrogen-bond acceptors (Lipinski definition) is 4. The lowest BCUT2D eigenvalue weighted by molar-refractivity contribution is 0.0568. The third-order valence-electron chi connectivity index (χ3n) is 2.81. The van der Waals surface area contributed by atoms with Crippen molar-refractivity contribution in [1.82, 2.24) is 9.71 Å². The molecule has 1 fully saturated rings. The van der Waals surface area contributed by atoms with E-state index in [4.69, 9.17) is 4.74 Å². The molecule has 100 valence electrons. The summed E-state index contributed by atoms with van der Waals surface area (Å²) in [6, 6.07) is 1.53. The monoisotopic (exact) mass is 334 g/mol. The average molecular weight is 335 g/mol. The number of nitrogens with one attached hydrogen (secondary N) is 1. The highest BCUT2D eigenvalue weighted by Crippen LogP contribution is 2.16. The molecule has 1 aromatic heterocycles. The maximum absolute atomic E-state index is 12.0. The molecule has 0 amide bonds. The molecule has 1 saturated heterocycles. The molecule has 1 N–H and O–H groups in total. The van der Waals surface area contributed by atoms with Crippen molar-refractivity contribution in [1.29, 1.82) is 0 Å². The second-order valence-corrected chi connectivity index (χ2v) is 6.96. The van der Waals surface area contributed by atoms with Crippen LogP contribution >= 0.6 is 15.9 Å². The van der Waals surface area contributed by atoms with E-state index in [2.05, 4.69) is 25.6 Å². The molecule has 1 atom stereocenters. The van der Waals surface area contributed by atoms with E-state index in [1.807, 2.05) is 0 Å². The van der Waals surface area contributed by atoms with E-state index in [9.17, 15) is 8.42 Å². The summed E-state index contributed by atoms with van der Waals surface area (Å²) in [5, 5.41) is 0. The third-order valence-corrected chi connectivity index (χ3v) is 4.63. The number of sulfonamides is 1. The van der Waals surface area contributed by atoms with Gasteiger partial charge in [0.25, 0.3) is 0 Å². The molecule has 0 saturated carbocycles. The highest BCUT2D eigenvalue weighted by Gasteiger charge is 2.19. The maximum Gasteiger partial charge on any atom is 0.242 e. The summed E-state index contributed by atoms with van der Waals surface area (Å²) in [6.07, 6.45) is 4.88. The second-order valence-electron chi connectivity index (χ2n) is 4.27. The minimum atomic E-state index is -3.48. The van der Waals surface area contributed by atoms with Crippen LogP contribution < -0.4 is 4.72 Å². The standard InChI is InChI=1S/C11H15BrN2O3S/c12-10-4-11(7-13-6-10)18(15,16)14-5-9-2-1-3-17-8-9/h4,6-7,9,14H,1-3,5,8H2. The van der Waals surface area contributed by atoms with Gasteiger partial charge >= 0.3 is 0 Å². The van der Waals surface area contributed by atoms with Crippen molar-refractivity contribution in [2.75, 3.05) is 19.8 Å². The topological polar surface area (TPSA) is 68.3 Å². The molecule has 18 heavy (non-hydrogen) atoms. The first-order valence-electron chi connectivity index (χ1n) is 5.76. The van der Waals surface area contributed by atoms with Gasteiger partial charge in [-0.3, -0.25) is 4.98 Å². The van der Waals surface area contributed by atoms with E-state index in [1.165, 1.54) is 12.3 Å². The fraction of sp³-hybridized carbons (Fsp3) is 0.545. The first kappa shape index (κ1) is 13.9. The number of nitrogens with zero attached hydrogens (tertiary/aromatic N) is 1. The Kier molecular flexibility index (Phi) is 4.71. The van der Waals surface area contributed by atoms with Crippen molar-refractivity contribution >= 4 is 26.0 Å². The average Bonchev–Trinajstić information content (AvgIpc) is 2.38. The molecule has 7 heteroatoms. The van der Waals surface area contributed by atoms with Crippen LogP contribution in [0.15, 0.2) is 27.8 Å². The minimum absolute atomic E-state index is 0.175. The summed E-state index contributed by atoms with van der Waals surface area (Å²) in [6.45, 7) is 1.81. The van der Waals surface area contributed by atoms with Gasteiger partial charge in [-0.05, 0) is 40.8 Å². The van der Waals surface area contributed by atoms with Crippen LogP contribution in [0.3, 0.4) is 0 Å². The lowest BCUT2D eigenvalue weighted by Gasteiger charge is -2.22. The lowest BCUT2D eigenvalue weighted by atomic mass is 10.0. The van der Waals surface area contributed by atoms with Gasteiger partial charge in [0, 0.05) is 30.0 Å². The van der Waals surface area contributed by atoms with Crippen molar-refractivity contribution < 1.29 is 13.2 Å². The van der Waals surface area contributed by atoms with Gasteiger partial charge in [-0.2, -0.15) is 0 Å². The smallest absolute Gasteiger partial charge is 0.242 e. The van der Waals surface area contributed by atoms with Crippen molar-refractivity contribution in [3.8, 4) is 0 Å². The Morgan fingerprint density at radius 2 is 2.33 bits per heavy atom. The zero-order valence-electron chi connectivity index (χ0n) is 9.80. The first-order valence-corrected chi connectivity index (χ1v) is 8.03. The molecule has 0 radical (unpaired) electrons. The van der Waals surface area contributed by atoms with Gasteiger partial charge in [0.1, 0.15) is 4.90 Å². The Labute approximate surface area is 115 Å². The Balaban J connectivity index is 1.98. The third kappa shape index (κ3) is 3.74. The SMILES string of the molecule is O=S(=O)(NCC1CCCOC1)c1cncc(Br)c1. The van der Waals surface area contributed by atoms with Gasteiger partial charge in [-0.1, -0.05) is 0 Å². The van der Waals surface area contributed by atoms with Crippen LogP contribution in [0.1, 0.15) is 12.8 Å². The summed E-state index contributed by atoms with van der Waals surface area (Å²) in [5.74, 6) is 0.258. The molecule has 0 aliphatic carbocycles. The van der Waals surface area contributed by atoms with Crippen molar-refractivity contribution in [3.63, 3.8) is 0 Å². The van der Waals surface area contributed by atoms with Gasteiger partial charge in [-0.15, -0.1) is 0 Å². The summed E-state index contributed by atoms with van der Waals surface area (Å²) < 4.78 is 32.6. The van der Waals surface area contributed by atoms with Crippen LogP contribution in [0, 0.1) is 5.92 Å². The fourth-order valence-electron chi connectivity index (χ4n) is 1.82. The largest absolute Gasteiger partial charge is 0.381 e. The van der Waals surface area contributed by atoms with Crippen LogP contribution in [0.25, 0.3) is 0 Å². The Morgan fingerprint density at radius 1 is 1.50 bits per heavy atom. The van der Waals surface area contributed by atoms with Gasteiger partial charge in [0.05, 0.1) is 6.61 Å². The second kappa shape index (κ2) is 6.10. The molecule has 0 spiro atoms. The Hall–Kier alpha value is -0.500. The number of ether oxygens (including phenoxy) is 1. The molecular weight excluding hydrogens is 320 g/mol. The maximum atomic E-state index is 12.0. The number of pyridine rings is 1. The molecule has 1 aliphatic heterocycles. The van der Waals surface area contributed by atoms with E-state index < -0.39 is 10.0 Å². The van der Waals surface area contributed by atoms with Gasteiger partial charge in [-0.25, -0.2) is 13.1 Å². The molecule has 0 aromatic carbocycles. The molecule has 1 aromatic rings. The predicted molar refractivity (Wildman–Crippen MR) is 70.7 cm³/mol. The summed E-state index contributed by atoms with van der Waals surface area (Å²) in [4.78, 5) is 4.03. The lowest BCUT2D eigenvalue weighted by Crippen LogP contribution is -2.33. The van der Waals surface area contributed by atoms with Crippen LogP contribution in [0.2, 0.25) is 0 Å². The first-order chi connectivity index (χ1) is 8.58. The van der Waals surface area contributed by atoms with Crippen LogP contribution in [0.5, 0.6) is 0 Å². The molecule has 5 nitrogen and oxygen atoms in total. The van der Waals surface area contributed by atoms with Crippen molar-refractivity contribution in [2.45, 2.75) is 17.7 Å². The summed E-state index contributed by atoms with van der Waals surface area (Å²) in [7, 11) is -3.48. The highest BCUT2D eigenvalue weighted by molar-refractivity contribution is 9.10. The molecule has 0 bridgehead atoms. The Bertz CT molecular complexity index is 501. The molecule has 1 unspecified atom stereocenters. The van der Waals surface area contributed by atoms with Crippen LogP contribution in [0.4, 0.5) is 0 Å². The molecule has 1 aliphatic rings. The highest BCUT2D eigenvalue weighted by atomic mass is 79.9. The molecular formula is C11H15BrN2O3S. The zero-order chi connectivity index (χ0) is 13.0. The molecule has 2 rings (SSSR count). The van der Waals surface area contributed by atoms with Gasteiger partial charge in [0.15, 0.2) is 0 Å². The summed E-state index contributed by atoms with van der Waals surface area (Å²) in [5.41, 5.74) is 0. The number of rotatable bonds is 4. The van der Waals surface area contributed by atoms with E-state index in [0.29, 0.717) is 17.6 Å².